The minimum absolute atomic E-state index is 0.0820. The highest BCUT2D eigenvalue weighted by Crippen LogP contribution is 2.27. The predicted octanol–water partition coefficient (Wildman–Crippen LogP) is 2.00. The average Bonchev–Trinajstić information content (AvgIpc) is 2.33. The van der Waals surface area contributed by atoms with Crippen LogP contribution < -0.4 is 5.32 Å². The predicted molar refractivity (Wildman–Crippen MR) is 56.9 cm³/mol. The molecule has 1 aliphatic heterocycles. The van der Waals surface area contributed by atoms with Crippen LogP contribution in [-0.4, -0.2) is 18.2 Å². The second-order valence-corrected chi connectivity index (χ2v) is 4.22. The molecule has 1 saturated heterocycles. The molecule has 2 rings (SSSR count). The van der Waals surface area contributed by atoms with Crippen LogP contribution in [0.4, 0.5) is 8.78 Å². The first kappa shape index (κ1) is 11.5. The van der Waals surface area contributed by atoms with Crippen molar-refractivity contribution in [3.8, 4) is 0 Å². The molecular formula is C12H15F2NO. The highest BCUT2D eigenvalue weighted by atomic mass is 19.2. The van der Waals surface area contributed by atoms with Gasteiger partial charge in [-0.3, -0.25) is 0 Å². The molecule has 0 spiro atoms. The Hall–Kier alpha value is -1.00. The maximum atomic E-state index is 13.0. The van der Waals surface area contributed by atoms with Crippen molar-refractivity contribution in [1.82, 2.24) is 5.32 Å². The summed E-state index contributed by atoms with van der Waals surface area (Å²) in [5.74, 6) is -1.70. The Balaban J connectivity index is 2.12. The van der Waals surface area contributed by atoms with E-state index in [9.17, 15) is 13.9 Å². The number of halogens is 2. The topological polar surface area (TPSA) is 32.3 Å². The third kappa shape index (κ3) is 2.39. The van der Waals surface area contributed by atoms with Crippen molar-refractivity contribution in [2.45, 2.75) is 18.9 Å². The monoisotopic (exact) mass is 227 g/mol. The molecular weight excluding hydrogens is 212 g/mol. The number of nitrogens with one attached hydrogen (secondary N) is 1. The lowest BCUT2D eigenvalue weighted by Crippen LogP contribution is -2.33. The fraction of sp³-hybridized carbons (Fsp3) is 0.500. The molecule has 2 unspecified atom stereocenters. The highest BCUT2D eigenvalue weighted by Gasteiger charge is 2.23. The third-order valence-corrected chi connectivity index (χ3v) is 3.07. The molecule has 0 saturated carbocycles. The van der Waals surface area contributed by atoms with Crippen LogP contribution >= 0.6 is 0 Å². The van der Waals surface area contributed by atoms with Gasteiger partial charge in [-0.15, -0.1) is 0 Å². The summed E-state index contributed by atoms with van der Waals surface area (Å²) in [4.78, 5) is 0. The maximum absolute atomic E-state index is 13.0. The van der Waals surface area contributed by atoms with Crippen molar-refractivity contribution in [2.24, 2.45) is 5.92 Å². The standard InChI is InChI=1S/C12H15F2NO/c13-10-4-3-8(6-11(10)14)12(16)9-2-1-5-15-7-9/h3-4,6,9,12,15-16H,1-2,5,7H2. The third-order valence-electron chi connectivity index (χ3n) is 3.07. The number of aliphatic hydroxyl groups is 1. The first-order valence-electron chi connectivity index (χ1n) is 5.52. The van der Waals surface area contributed by atoms with Crippen LogP contribution in [0.2, 0.25) is 0 Å². The van der Waals surface area contributed by atoms with Gasteiger partial charge in [0, 0.05) is 12.5 Å². The second-order valence-electron chi connectivity index (χ2n) is 4.22. The lowest BCUT2D eigenvalue weighted by atomic mass is 9.89. The van der Waals surface area contributed by atoms with Gasteiger partial charge in [-0.25, -0.2) is 8.78 Å². The van der Waals surface area contributed by atoms with Gasteiger partial charge in [-0.2, -0.15) is 0 Å². The van der Waals surface area contributed by atoms with Crippen molar-refractivity contribution >= 4 is 0 Å². The molecule has 0 aromatic heterocycles. The Kier molecular flexibility index (Phi) is 3.51. The van der Waals surface area contributed by atoms with Crippen LogP contribution in [0.5, 0.6) is 0 Å². The molecule has 0 bridgehead atoms. The molecule has 16 heavy (non-hydrogen) atoms. The number of piperidine rings is 1. The van der Waals surface area contributed by atoms with E-state index in [0.29, 0.717) is 5.56 Å². The van der Waals surface area contributed by atoms with Gasteiger partial charge >= 0.3 is 0 Å². The van der Waals surface area contributed by atoms with Crippen LogP contribution in [-0.2, 0) is 0 Å². The Labute approximate surface area is 93.3 Å². The van der Waals surface area contributed by atoms with Crippen molar-refractivity contribution in [3.63, 3.8) is 0 Å². The van der Waals surface area contributed by atoms with E-state index in [1.54, 1.807) is 0 Å². The van der Waals surface area contributed by atoms with Crippen LogP contribution in [0.15, 0.2) is 18.2 Å². The van der Waals surface area contributed by atoms with Gasteiger partial charge in [-0.1, -0.05) is 6.07 Å². The zero-order valence-corrected chi connectivity index (χ0v) is 8.92. The molecule has 2 N–H and O–H groups in total. The average molecular weight is 227 g/mol. The van der Waals surface area contributed by atoms with Crippen molar-refractivity contribution in [1.29, 1.82) is 0 Å². The smallest absolute Gasteiger partial charge is 0.159 e. The first-order valence-corrected chi connectivity index (χ1v) is 5.52. The zero-order chi connectivity index (χ0) is 11.5. The van der Waals surface area contributed by atoms with Gasteiger partial charge in [0.25, 0.3) is 0 Å². The van der Waals surface area contributed by atoms with Crippen molar-refractivity contribution in [3.05, 3.63) is 35.4 Å². The number of benzene rings is 1. The molecule has 2 atom stereocenters. The second kappa shape index (κ2) is 4.89. The van der Waals surface area contributed by atoms with Gasteiger partial charge < -0.3 is 10.4 Å². The number of aliphatic hydroxyl groups excluding tert-OH is 1. The number of hydrogen-bond acceptors (Lipinski definition) is 2. The Bertz CT molecular complexity index is 364. The Morgan fingerprint density at radius 1 is 1.31 bits per heavy atom. The molecule has 1 fully saturated rings. The minimum Gasteiger partial charge on any atom is -0.388 e. The summed E-state index contributed by atoms with van der Waals surface area (Å²) in [6, 6.07) is 3.58. The van der Waals surface area contributed by atoms with Gasteiger partial charge in [0.2, 0.25) is 0 Å². The van der Waals surface area contributed by atoms with Crippen molar-refractivity contribution < 1.29 is 13.9 Å². The molecule has 88 valence electrons. The molecule has 0 aliphatic carbocycles. The van der Waals surface area contributed by atoms with Crippen LogP contribution in [0.1, 0.15) is 24.5 Å². The van der Waals surface area contributed by atoms with Crippen LogP contribution in [0.3, 0.4) is 0 Å². The highest BCUT2D eigenvalue weighted by molar-refractivity contribution is 5.20. The lowest BCUT2D eigenvalue weighted by Gasteiger charge is -2.27. The molecule has 1 heterocycles. The van der Waals surface area contributed by atoms with E-state index in [1.807, 2.05) is 0 Å². The Morgan fingerprint density at radius 3 is 2.75 bits per heavy atom. The molecule has 0 radical (unpaired) electrons. The van der Waals surface area contributed by atoms with Gasteiger partial charge in [0.1, 0.15) is 0 Å². The largest absolute Gasteiger partial charge is 0.388 e. The van der Waals surface area contributed by atoms with Gasteiger partial charge in [-0.05, 0) is 37.1 Å². The molecule has 1 aromatic rings. The molecule has 1 aliphatic rings. The fourth-order valence-electron chi connectivity index (χ4n) is 2.12. The minimum atomic E-state index is -0.902. The first-order chi connectivity index (χ1) is 7.68. The summed E-state index contributed by atoms with van der Waals surface area (Å²) in [5, 5.41) is 13.2. The normalized spacial score (nSPS) is 23.1. The van der Waals surface area contributed by atoms with Gasteiger partial charge in [0.15, 0.2) is 11.6 Å². The van der Waals surface area contributed by atoms with E-state index in [2.05, 4.69) is 5.32 Å². The Morgan fingerprint density at radius 2 is 2.12 bits per heavy atom. The zero-order valence-electron chi connectivity index (χ0n) is 8.92. The lowest BCUT2D eigenvalue weighted by molar-refractivity contribution is 0.0917. The summed E-state index contributed by atoms with van der Waals surface area (Å²) in [7, 11) is 0. The fourth-order valence-corrected chi connectivity index (χ4v) is 2.12. The van der Waals surface area contributed by atoms with E-state index in [-0.39, 0.29) is 5.92 Å². The SMILES string of the molecule is OC(c1ccc(F)c(F)c1)C1CCCNC1. The summed E-state index contributed by atoms with van der Waals surface area (Å²) in [6.45, 7) is 1.68. The summed E-state index contributed by atoms with van der Waals surface area (Å²) < 4.78 is 25.7. The molecule has 4 heteroatoms. The molecule has 0 amide bonds. The molecule has 2 nitrogen and oxygen atoms in total. The van der Waals surface area contributed by atoms with E-state index < -0.39 is 17.7 Å². The van der Waals surface area contributed by atoms with E-state index in [4.69, 9.17) is 0 Å². The van der Waals surface area contributed by atoms with Gasteiger partial charge in [0.05, 0.1) is 6.10 Å². The number of hydrogen-bond donors (Lipinski definition) is 2. The molecule has 1 aromatic carbocycles. The summed E-state index contributed by atoms with van der Waals surface area (Å²) in [6.07, 6.45) is 1.20. The van der Waals surface area contributed by atoms with Crippen LogP contribution in [0, 0.1) is 17.6 Å². The summed E-state index contributed by atoms with van der Waals surface area (Å²) >= 11 is 0. The van der Waals surface area contributed by atoms with Crippen molar-refractivity contribution in [2.75, 3.05) is 13.1 Å². The van der Waals surface area contributed by atoms with E-state index in [1.165, 1.54) is 6.07 Å². The quantitative estimate of drug-likeness (QED) is 0.810. The maximum Gasteiger partial charge on any atom is 0.159 e. The summed E-state index contributed by atoms with van der Waals surface area (Å²) in [5.41, 5.74) is 0.451. The number of rotatable bonds is 2. The van der Waals surface area contributed by atoms with E-state index in [0.717, 1.165) is 38.1 Å². The van der Waals surface area contributed by atoms with E-state index >= 15 is 0 Å². The van der Waals surface area contributed by atoms with Crippen LogP contribution in [0.25, 0.3) is 0 Å².